The molecule has 0 saturated heterocycles. The van der Waals surface area contributed by atoms with Crippen LogP contribution in [0, 0.1) is 0 Å². The summed E-state index contributed by atoms with van der Waals surface area (Å²) < 4.78 is 0. The van der Waals surface area contributed by atoms with Crippen molar-refractivity contribution in [2.24, 2.45) is 0 Å². The maximum atomic E-state index is 5.93. The molecule has 0 unspecified atom stereocenters. The molecule has 2 N–H and O–H groups in total. The normalized spacial score (nSPS) is 10.8. The Kier molecular flexibility index (Phi) is 7.62. The van der Waals surface area contributed by atoms with Gasteiger partial charge in [-0.05, 0) is 56.2 Å². The zero-order valence-electron chi connectivity index (χ0n) is 10.2. The second kappa shape index (κ2) is 8.76. The van der Waals surface area contributed by atoms with Crippen LogP contribution in [0.1, 0.15) is 25.3 Å². The van der Waals surface area contributed by atoms with Crippen molar-refractivity contribution in [2.75, 3.05) is 19.6 Å². The topological polar surface area (TPSA) is 24.1 Å². The molecule has 0 saturated carbocycles. The van der Waals surface area contributed by atoms with Gasteiger partial charge in [0.15, 0.2) is 0 Å². The standard InChI is InChI=1S/C13H20Cl2N2/c1-2-4-16-5-3-6-17-10-11-7-12(14)9-13(15)8-11/h7-9,16-17H,2-6,10H2,1H3. The molecule has 17 heavy (non-hydrogen) atoms. The first-order valence-electron chi connectivity index (χ1n) is 6.08. The highest BCUT2D eigenvalue weighted by Gasteiger charge is 1.97. The number of hydrogen-bond acceptors (Lipinski definition) is 2. The molecule has 2 nitrogen and oxygen atoms in total. The van der Waals surface area contributed by atoms with E-state index in [1.54, 1.807) is 6.07 Å². The highest BCUT2D eigenvalue weighted by molar-refractivity contribution is 6.34. The third-order valence-corrected chi connectivity index (χ3v) is 2.82. The molecular weight excluding hydrogens is 255 g/mol. The molecule has 0 radical (unpaired) electrons. The van der Waals surface area contributed by atoms with Gasteiger partial charge in [0.2, 0.25) is 0 Å². The minimum atomic E-state index is 0.693. The van der Waals surface area contributed by atoms with Crippen LogP contribution in [0.25, 0.3) is 0 Å². The highest BCUT2D eigenvalue weighted by atomic mass is 35.5. The average Bonchev–Trinajstić information content (AvgIpc) is 2.26. The number of nitrogens with one attached hydrogen (secondary N) is 2. The zero-order chi connectivity index (χ0) is 12.5. The molecule has 0 fully saturated rings. The van der Waals surface area contributed by atoms with Crippen LogP contribution in [-0.2, 0) is 6.54 Å². The predicted molar refractivity (Wildman–Crippen MR) is 75.9 cm³/mol. The summed E-state index contributed by atoms with van der Waals surface area (Å²) >= 11 is 11.9. The molecule has 1 aromatic carbocycles. The van der Waals surface area contributed by atoms with Crippen LogP contribution < -0.4 is 10.6 Å². The van der Waals surface area contributed by atoms with Crippen LogP contribution in [-0.4, -0.2) is 19.6 Å². The summed E-state index contributed by atoms with van der Waals surface area (Å²) in [5.74, 6) is 0. The molecule has 0 atom stereocenters. The van der Waals surface area contributed by atoms with Crippen molar-refractivity contribution >= 4 is 23.2 Å². The van der Waals surface area contributed by atoms with E-state index in [0.717, 1.165) is 38.2 Å². The van der Waals surface area contributed by atoms with Gasteiger partial charge in [-0.25, -0.2) is 0 Å². The summed E-state index contributed by atoms with van der Waals surface area (Å²) in [6.07, 6.45) is 2.32. The lowest BCUT2D eigenvalue weighted by molar-refractivity contribution is 0.592. The van der Waals surface area contributed by atoms with Crippen LogP contribution in [0.2, 0.25) is 10.0 Å². The summed E-state index contributed by atoms with van der Waals surface area (Å²) in [6, 6.07) is 5.63. The molecule has 4 heteroatoms. The van der Waals surface area contributed by atoms with Crippen molar-refractivity contribution in [3.63, 3.8) is 0 Å². The Hall–Kier alpha value is -0.280. The molecule has 1 aromatic rings. The number of benzene rings is 1. The van der Waals surface area contributed by atoms with Crippen molar-refractivity contribution in [1.82, 2.24) is 10.6 Å². The van der Waals surface area contributed by atoms with E-state index in [9.17, 15) is 0 Å². The van der Waals surface area contributed by atoms with Gasteiger partial charge in [-0.2, -0.15) is 0 Å². The molecule has 0 aromatic heterocycles. The molecule has 0 aliphatic carbocycles. The molecular formula is C13H20Cl2N2. The quantitative estimate of drug-likeness (QED) is 0.710. The molecule has 96 valence electrons. The van der Waals surface area contributed by atoms with Crippen LogP contribution in [0.4, 0.5) is 0 Å². The largest absolute Gasteiger partial charge is 0.317 e. The monoisotopic (exact) mass is 274 g/mol. The van der Waals surface area contributed by atoms with Crippen LogP contribution in [0.15, 0.2) is 18.2 Å². The summed E-state index contributed by atoms with van der Waals surface area (Å²) in [4.78, 5) is 0. The van der Waals surface area contributed by atoms with Gasteiger partial charge in [-0.3, -0.25) is 0 Å². The maximum absolute atomic E-state index is 5.93. The lowest BCUT2D eigenvalue weighted by Gasteiger charge is -2.06. The van der Waals surface area contributed by atoms with E-state index in [1.165, 1.54) is 6.42 Å². The van der Waals surface area contributed by atoms with E-state index in [4.69, 9.17) is 23.2 Å². The fourth-order valence-electron chi connectivity index (χ4n) is 1.59. The second-order valence-corrected chi connectivity index (χ2v) is 4.93. The first kappa shape index (κ1) is 14.8. The Bertz CT molecular complexity index is 309. The van der Waals surface area contributed by atoms with Gasteiger partial charge in [0.05, 0.1) is 0 Å². The summed E-state index contributed by atoms with van der Waals surface area (Å²) in [6.45, 7) is 6.16. The van der Waals surface area contributed by atoms with E-state index in [2.05, 4.69) is 17.6 Å². The van der Waals surface area contributed by atoms with Gasteiger partial charge in [-0.1, -0.05) is 30.1 Å². The van der Waals surface area contributed by atoms with Crippen molar-refractivity contribution in [3.05, 3.63) is 33.8 Å². The summed E-state index contributed by atoms with van der Waals surface area (Å²) in [7, 11) is 0. The van der Waals surface area contributed by atoms with E-state index in [0.29, 0.717) is 10.0 Å². The second-order valence-electron chi connectivity index (χ2n) is 4.06. The van der Waals surface area contributed by atoms with E-state index in [-0.39, 0.29) is 0 Å². The zero-order valence-corrected chi connectivity index (χ0v) is 11.7. The van der Waals surface area contributed by atoms with Gasteiger partial charge < -0.3 is 10.6 Å². The molecule has 0 aliphatic heterocycles. The Balaban J connectivity index is 2.13. The van der Waals surface area contributed by atoms with Gasteiger partial charge in [0, 0.05) is 16.6 Å². The van der Waals surface area contributed by atoms with E-state index >= 15 is 0 Å². The van der Waals surface area contributed by atoms with Crippen LogP contribution in [0.5, 0.6) is 0 Å². The van der Waals surface area contributed by atoms with E-state index < -0.39 is 0 Å². The van der Waals surface area contributed by atoms with Crippen molar-refractivity contribution < 1.29 is 0 Å². The van der Waals surface area contributed by atoms with Crippen LogP contribution in [0.3, 0.4) is 0 Å². The van der Waals surface area contributed by atoms with Gasteiger partial charge in [-0.15, -0.1) is 0 Å². The molecule has 0 heterocycles. The molecule has 0 aliphatic rings. The first-order valence-corrected chi connectivity index (χ1v) is 6.84. The Morgan fingerprint density at radius 2 is 1.59 bits per heavy atom. The van der Waals surface area contributed by atoms with Crippen molar-refractivity contribution in [2.45, 2.75) is 26.3 Å². The average molecular weight is 275 g/mol. The maximum Gasteiger partial charge on any atom is 0.0424 e. The minimum absolute atomic E-state index is 0.693. The van der Waals surface area contributed by atoms with Crippen molar-refractivity contribution in [1.29, 1.82) is 0 Å². The lowest BCUT2D eigenvalue weighted by atomic mass is 10.2. The van der Waals surface area contributed by atoms with Gasteiger partial charge in [0.1, 0.15) is 0 Å². The summed E-state index contributed by atoms with van der Waals surface area (Å²) in [5, 5.41) is 8.13. The van der Waals surface area contributed by atoms with Crippen molar-refractivity contribution in [3.8, 4) is 0 Å². The van der Waals surface area contributed by atoms with Gasteiger partial charge in [0.25, 0.3) is 0 Å². The number of halogens is 2. The molecule has 0 spiro atoms. The predicted octanol–water partition coefficient (Wildman–Crippen LogP) is 3.47. The molecule has 1 rings (SSSR count). The minimum Gasteiger partial charge on any atom is -0.317 e. The van der Waals surface area contributed by atoms with Gasteiger partial charge >= 0.3 is 0 Å². The third-order valence-electron chi connectivity index (χ3n) is 2.39. The third kappa shape index (κ3) is 6.89. The number of rotatable bonds is 8. The summed E-state index contributed by atoms with van der Waals surface area (Å²) in [5.41, 5.74) is 1.13. The first-order chi connectivity index (χ1) is 8.22. The Labute approximate surface area is 114 Å². The van der Waals surface area contributed by atoms with E-state index in [1.807, 2.05) is 12.1 Å². The lowest BCUT2D eigenvalue weighted by Crippen LogP contribution is -2.22. The fourth-order valence-corrected chi connectivity index (χ4v) is 2.16. The fraction of sp³-hybridized carbons (Fsp3) is 0.538. The Morgan fingerprint density at radius 1 is 0.941 bits per heavy atom. The smallest absolute Gasteiger partial charge is 0.0424 e. The number of hydrogen-bond donors (Lipinski definition) is 2. The highest BCUT2D eigenvalue weighted by Crippen LogP contribution is 2.18. The Morgan fingerprint density at radius 3 is 2.24 bits per heavy atom. The molecule has 0 bridgehead atoms. The van der Waals surface area contributed by atoms with Crippen LogP contribution >= 0.6 is 23.2 Å². The SMILES string of the molecule is CCCNCCCNCc1cc(Cl)cc(Cl)c1. The molecule has 0 amide bonds.